The lowest BCUT2D eigenvalue weighted by Crippen LogP contribution is -2.64. The molecule has 88 valence electrons. The Morgan fingerprint density at radius 2 is 1.87 bits per heavy atom. The van der Waals surface area contributed by atoms with Gasteiger partial charge in [0.2, 0.25) is 0 Å². The van der Waals surface area contributed by atoms with Crippen LogP contribution < -0.4 is 0 Å². The van der Waals surface area contributed by atoms with Crippen LogP contribution in [0.15, 0.2) is 0 Å². The van der Waals surface area contributed by atoms with Crippen LogP contribution in [0.2, 0.25) is 0 Å². The van der Waals surface area contributed by atoms with Gasteiger partial charge in [-0.15, -0.1) is 0 Å². The largest absolute Gasteiger partial charge is 0.479 e. The molecule has 1 saturated heterocycles. The lowest BCUT2D eigenvalue weighted by molar-refractivity contribution is -0.166. The standard InChI is InChI=1S/C11H22N2O2/c1-4-11(10(14)15,12(2)3)13-8-6-5-7-9-13/h4-9H2,1-3H3,(H,14,15). The number of hydrogen-bond acceptors (Lipinski definition) is 3. The van der Waals surface area contributed by atoms with Crippen molar-refractivity contribution in [2.45, 2.75) is 38.3 Å². The molecule has 4 heteroatoms. The third kappa shape index (κ3) is 2.16. The second-order valence-corrected chi connectivity index (χ2v) is 4.42. The zero-order valence-electron chi connectivity index (χ0n) is 9.99. The first-order valence-corrected chi connectivity index (χ1v) is 5.71. The number of carboxylic acids is 1. The molecule has 0 aromatic carbocycles. The minimum Gasteiger partial charge on any atom is -0.479 e. The van der Waals surface area contributed by atoms with Gasteiger partial charge in [0.25, 0.3) is 0 Å². The normalized spacial score (nSPS) is 22.7. The van der Waals surface area contributed by atoms with Crippen molar-refractivity contribution in [3.63, 3.8) is 0 Å². The number of likely N-dealkylation sites (tertiary alicyclic amines) is 1. The second kappa shape index (κ2) is 4.94. The van der Waals surface area contributed by atoms with Gasteiger partial charge in [0.05, 0.1) is 0 Å². The molecule has 4 nitrogen and oxygen atoms in total. The van der Waals surface area contributed by atoms with E-state index in [4.69, 9.17) is 0 Å². The van der Waals surface area contributed by atoms with Gasteiger partial charge < -0.3 is 5.11 Å². The van der Waals surface area contributed by atoms with Crippen molar-refractivity contribution in [2.75, 3.05) is 27.2 Å². The predicted molar refractivity (Wildman–Crippen MR) is 59.8 cm³/mol. The molecule has 1 aliphatic rings. The molecule has 1 heterocycles. The Morgan fingerprint density at radius 3 is 2.20 bits per heavy atom. The topological polar surface area (TPSA) is 43.8 Å². The van der Waals surface area contributed by atoms with E-state index < -0.39 is 11.6 Å². The summed E-state index contributed by atoms with van der Waals surface area (Å²) in [6.45, 7) is 3.75. The Bertz CT molecular complexity index is 225. The van der Waals surface area contributed by atoms with Crippen LogP contribution in [-0.2, 0) is 4.79 Å². The van der Waals surface area contributed by atoms with Crippen LogP contribution in [0.1, 0.15) is 32.6 Å². The highest BCUT2D eigenvalue weighted by molar-refractivity contribution is 5.78. The van der Waals surface area contributed by atoms with Gasteiger partial charge in [-0.25, -0.2) is 4.79 Å². The van der Waals surface area contributed by atoms with Crippen molar-refractivity contribution in [1.82, 2.24) is 9.80 Å². The fourth-order valence-electron chi connectivity index (χ4n) is 2.56. The molecule has 0 amide bonds. The van der Waals surface area contributed by atoms with Crippen molar-refractivity contribution in [2.24, 2.45) is 0 Å². The first kappa shape index (κ1) is 12.5. The zero-order chi connectivity index (χ0) is 11.5. The summed E-state index contributed by atoms with van der Waals surface area (Å²) in [7, 11) is 3.71. The first-order valence-electron chi connectivity index (χ1n) is 5.71. The molecule has 1 N–H and O–H groups in total. The summed E-state index contributed by atoms with van der Waals surface area (Å²) in [6.07, 6.45) is 4.07. The number of likely N-dealkylation sites (N-methyl/N-ethyl adjacent to an activating group) is 1. The summed E-state index contributed by atoms with van der Waals surface area (Å²) in [6, 6.07) is 0. The van der Waals surface area contributed by atoms with Crippen molar-refractivity contribution in [1.29, 1.82) is 0 Å². The van der Waals surface area contributed by atoms with E-state index in [0.29, 0.717) is 6.42 Å². The van der Waals surface area contributed by atoms with Crippen LogP contribution in [0, 0.1) is 0 Å². The fourth-order valence-corrected chi connectivity index (χ4v) is 2.56. The Labute approximate surface area is 91.9 Å². The van der Waals surface area contributed by atoms with Crippen molar-refractivity contribution in [3.05, 3.63) is 0 Å². The van der Waals surface area contributed by atoms with Gasteiger partial charge in [-0.1, -0.05) is 13.3 Å². The molecule has 15 heavy (non-hydrogen) atoms. The van der Waals surface area contributed by atoms with Gasteiger partial charge >= 0.3 is 5.97 Å². The van der Waals surface area contributed by atoms with Crippen LogP contribution in [0.5, 0.6) is 0 Å². The van der Waals surface area contributed by atoms with Gasteiger partial charge in [-0.2, -0.15) is 0 Å². The highest BCUT2D eigenvalue weighted by atomic mass is 16.4. The first-order chi connectivity index (χ1) is 7.05. The summed E-state index contributed by atoms with van der Waals surface area (Å²) in [4.78, 5) is 15.5. The number of piperidine rings is 1. The molecule has 1 rings (SSSR count). The maximum Gasteiger partial charge on any atom is 0.339 e. The Hall–Kier alpha value is -0.610. The third-order valence-electron chi connectivity index (χ3n) is 3.45. The fraction of sp³-hybridized carbons (Fsp3) is 0.909. The second-order valence-electron chi connectivity index (χ2n) is 4.42. The minimum atomic E-state index is -0.805. The molecular formula is C11H22N2O2. The molecule has 0 bridgehead atoms. The smallest absolute Gasteiger partial charge is 0.339 e. The van der Waals surface area contributed by atoms with E-state index in [1.54, 1.807) is 0 Å². The van der Waals surface area contributed by atoms with Gasteiger partial charge in [0, 0.05) is 13.1 Å². The number of hydrogen-bond donors (Lipinski definition) is 1. The molecule has 0 spiro atoms. The van der Waals surface area contributed by atoms with Crippen LogP contribution >= 0.6 is 0 Å². The number of nitrogens with zero attached hydrogens (tertiary/aromatic N) is 2. The molecule has 0 aliphatic carbocycles. The lowest BCUT2D eigenvalue weighted by Gasteiger charge is -2.46. The average molecular weight is 214 g/mol. The van der Waals surface area contributed by atoms with E-state index >= 15 is 0 Å². The summed E-state index contributed by atoms with van der Waals surface area (Å²) >= 11 is 0. The molecular weight excluding hydrogens is 192 g/mol. The van der Waals surface area contributed by atoms with Crippen molar-refractivity contribution >= 4 is 5.97 Å². The van der Waals surface area contributed by atoms with Crippen molar-refractivity contribution in [3.8, 4) is 0 Å². The summed E-state index contributed by atoms with van der Waals surface area (Å²) in [5, 5.41) is 9.46. The van der Waals surface area contributed by atoms with E-state index in [2.05, 4.69) is 4.90 Å². The van der Waals surface area contributed by atoms with Crippen LogP contribution in [0.4, 0.5) is 0 Å². The Balaban J connectivity index is 2.91. The number of carbonyl (C=O) groups is 1. The minimum absolute atomic E-state index is 0.620. The molecule has 1 fully saturated rings. The van der Waals surface area contributed by atoms with Gasteiger partial charge in [-0.3, -0.25) is 9.80 Å². The molecule has 1 unspecified atom stereocenters. The molecule has 0 radical (unpaired) electrons. The Morgan fingerprint density at radius 1 is 1.33 bits per heavy atom. The average Bonchev–Trinajstić information content (AvgIpc) is 2.20. The highest BCUT2D eigenvalue weighted by Gasteiger charge is 2.45. The van der Waals surface area contributed by atoms with Gasteiger partial charge in [0.1, 0.15) is 0 Å². The van der Waals surface area contributed by atoms with Gasteiger partial charge in [-0.05, 0) is 33.4 Å². The third-order valence-corrected chi connectivity index (χ3v) is 3.45. The molecule has 0 aromatic heterocycles. The van der Waals surface area contributed by atoms with Crippen LogP contribution in [-0.4, -0.2) is 53.7 Å². The number of rotatable bonds is 4. The molecule has 0 saturated carbocycles. The predicted octanol–water partition coefficient (Wildman–Crippen LogP) is 1.22. The molecule has 0 aromatic rings. The van der Waals surface area contributed by atoms with Crippen LogP contribution in [0.25, 0.3) is 0 Å². The van der Waals surface area contributed by atoms with E-state index in [1.807, 2.05) is 25.9 Å². The summed E-state index contributed by atoms with van der Waals surface area (Å²) in [5.74, 6) is -0.725. The summed E-state index contributed by atoms with van der Waals surface area (Å²) in [5.41, 5.74) is -0.805. The zero-order valence-corrected chi connectivity index (χ0v) is 9.99. The lowest BCUT2D eigenvalue weighted by atomic mass is 9.99. The van der Waals surface area contributed by atoms with Gasteiger partial charge in [0.15, 0.2) is 5.66 Å². The van der Waals surface area contributed by atoms with Crippen LogP contribution in [0.3, 0.4) is 0 Å². The summed E-state index contributed by atoms with van der Waals surface area (Å²) < 4.78 is 0. The van der Waals surface area contributed by atoms with Crippen molar-refractivity contribution < 1.29 is 9.90 Å². The van der Waals surface area contributed by atoms with E-state index in [9.17, 15) is 9.90 Å². The maximum absolute atomic E-state index is 11.5. The Kier molecular flexibility index (Phi) is 4.11. The maximum atomic E-state index is 11.5. The molecule has 1 aliphatic heterocycles. The number of aliphatic carboxylic acids is 1. The molecule has 1 atom stereocenters. The SMILES string of the molecule is CCC(C(=O)O)(N(C)C)N1CCCCC1. The van der Waals surface area contributed by atoms with E-state index in [0.717, 1.165) is 25.9 Å². The van der Waals surface area contributed by atoms with E-state index in [-0.39, 0.29) is 0 Å². The highest BCUT2D eigenvalue weighted by Crippen LogP contribution is 2.26. The monoisotopic (exact) mass is 214 g/mol. The van der Waals surface area contributed by atoms with E-state index in [1.165, 1.54) is 6.42 Å². The quantitative estimate of drug-likeness (QED) is 0.764. The number of carboxylic acid groups (broad SMARTS) is 1.